The van der Waals surface area contributed by atoms with Crippen LogP contribution < -0.4 is 20.1 Å². The summed E-state index contributed by atoms with van der Waals surface area (Å²) in [5.41, 5.74) is 1.82. The molecule has 0 aliphatic rings. The standard InChI is InChI=1S/C23H28N4O3/c1-17(2)30-21-10-8-19(9-11-21)27-23(25-14-12-20-7-5-15-29-20)26-16-18-6-4-13-24-22(18)28-3/h4-11,13,15,17H,12,14,16H2,1-3H3,(H2,25,26,27). The van der Waals surface area contributed by atoms with Crippen molar-refractivity contribution >= 4 is 11.6 Å². The van der Waals surface area contributed by atoms with Crippen molar-refractivity contribution in [2.45, 2.75) is 32.9 Å². The lowest BCUT2D eigenvalue weighted by Crippen LogP contribution is -2.32. The summed E-state index contributed by atoms with van der Waals surface area (Å²) in [4.78, 5) is 8.93. The first-order chi connectivity index (χ1) is 14.6. The van der Waals surface area contributed by atoms with E-state index in [0.717, 1.165) is 29.2 Å². The molecule has 0 amide bonds. The highest BCUT2D eigenvalue weighted by atomic mass is 16.5. The fourth-order valence-corrected chi connectivity index (χ4v) is 2.82. The van der Waals surface area contributed by atoms with Gasteiger partial charge in [0.1, 0.15) is 11.5 Å². The van der Waals surface area contributed by atoms with Gasteiger partial charge < -0.3 is 24.5 Å². The Labute approximate surface area is 177 Å². The molecule has 0 aliphatic heterocycles. The minimum Gasteiger partial charge on any atom is -0.491 e. The zero-order chi connectivity index (χ0) is 21.2. The average Bonchev–Trinajstić information content (AvgIpc) is 3.26. The zero-order valence-corrected chi connectivity index (χ0v) is 17.6. The molecule has 2 heterocycles. The Balaban J connectivity index is 1.69. The first-order valence-corrected chi connectivity index (χ1v) is 9.96. The van der Waals surface area contributed by atoms with E-state index in [4.69, 9.17) is 18.9 Å². The Morgan fingerprint density at radius 3 is 2.67 bits per heavy atom. The number of rotatable bonds is 9. The van der Waals surface area contributed by atoms with E-state index in [1.807, 2.05) is 62.4 Å². The molecular formula is C23H28N4O3. The Bertz CT molecular complexity index is 922. The lowest BCUT2D eigenvalue weighted by Gasteiger charge is -2.14. The van der Waals surface area contributed by atoms with Crippen molar-refractivity contribution in [2.75, 3.05) is 19.0 Å². The van der Waals surface area contributed by atoms with Gasteiger partial charge >= 0.3 is 0 Å². The monoisotopic (exact) mass is 408 g/mol. The van der Waals surface area contributed by atoms with Gasteiger partial charge in [-0.1, -0.05) is 6.07 Å². The van der Waals surface area contributed by atoms with Crippen LogP contribution in [0.2, 0.25) is 0 Å². The molecule has 0 saturated carbocycles. The topological polar surface area (TPSA) is 80.9 Å². The van der Waals surface area contributed by atoms with E-state index >= 15 is 0 Å². The minimum absolute atomic E-state index is 0.138. The number of hydrogen-bond donors (Lipinski definition) is 2. The first kappa shape index (κ1) is 21.2. The second-order valence-electron chi connectivity index (χ2n) is 6.91. The molecule has 0 radical (unpaired) electrons. The van der Waals surface area contributed by atoms with Crippen LogP contribution in [0.25, 0.3) is 0 Å². The molecule has 0 aliphatic carbocycles. The van der Waals surface area contributed by atoms with Gasteiger partial charge in [-0.2, -0.15) is 0 Å². The van der Waals surface area contributed by atoms with E-state index in [-0.39, 0.29) is 6.10 Å². The third-order valence-electron chi connectivity index (χ3n) is 4.18. The number of anilines is 1. The number of guanidine groups is 1. The number of ether oxygens (including phenoxy) is 2. The maximum atomic E-state index is 5.71. The lowest BCUT2D eigenvalue weighted by molar-refractivity contribution is 0.242. The van der Waals surface area contributed by atoms with Crippen LogP contribution in [0, 0.1) is 0 Å². The Kier molecular flexibility index (Phi) is 7.71. The van der Waals surface area contributed by atoms with Gasteiger partial charge in [0.2, 0.25) is 5.88 Å². The largest absolute Gasteiger partial charge is 0.491 e. The Morgan fingerprint density at radius 1 is 1.13 bits per heavy atom. The summed E-state index contributed by atoms with van der Waals surface area (Å²) >= 11 is 0. The first-order valence-electron chi connectivity index (χ1n) is 9.96. The van der Waals surface area contributed by atoms with E-state index in [9.17, 15) is 0 Å². The molecule has 2 aromatic heterocycles. The van der Waals surface area contributed by atoms with Crippen molar-refractivity contribution in [3.8, 4) is 11.6 Å². The SMILES string of the molecule is COc1ncccc1CN=C(NCCc1ccco1)Nc1ccc(OC(C)C)cc1. The summed E-state index contributed by atoms with van der Waals surface area (Å²) in [6.45, 7) is 5.12. The number of furan rings is 1. The summed E-state index contributed by atoms with van der Waals surface area (Å²) in [5.74, 6) is 2.99. The van der Waals surface area contributed by atoms with Gasteiger partial charge in [-0.3, -0.25) is 0 Å². The summed E-state index contributed by atoms with van der Waals surface area (Å²) in [7, 11) is 1.61. The van der Waals surface area contributed by atoms with Crippen molar-refractivity contribution in [2.24, 2.45) is 4.99 Å². The van der Waals surface area contributed by atoms with Crippen LogP contribution in [0.15, 0.2) is 70.4 Å². The molecule has 1 aromatic carbocycles. The van der Waals surface area contributed by atoms with Gasteiger partial charge in [-0.15, -0.1) is 0 Å². The maximum absolute atomic E-state index is 5.71. The average molecular weight is 409 g/mol. The van der Waals surface area contributed by atoms with Crippen LogP contribution in [-0.2, 0) is 13.0 Å². The fraction of sp³-hybridized carbons (Fsp3) is 0.304. The molecule has 0 bridgehead atoms. The molecule has 0 atom stereocenters. The van der Waals surface area contributed by atoms with Crippen molar-refractivity contribution in [3.63, 3.8) is 0 Å². The minimum atomic E-state index is 0.138. The molecule has 3 aromatic rings. The molecule has 0 fully saturated rings. The number of aromatic nitrogens is 1. The lowest BCUT2D eigenvalue weighted by atomic mass is 10.3. The predicted octanol–water partition coefficient (Wildman–Crippen LogP) is 4.27. The summed E-state index contributed by atoms with van der Waals surface area (Å²) in [6, 6.07) is 15.5. The second kappa shape index (κ2) is 10.9. The van der Waals surface area contributed by atoms with E-state index in [0.29, 0.717) is 24.9 Å². The highest BCUT2D eigenvalue weighted by Gasteiger charge is 2.06. The van der Waals surface area contributed by atoms with Gasteiger partial charge in [-0.25, -0.2) is 9.98 Å². The molecule has 0 unspecified atom stereocenters. The molecule has 2 N–H and O–H groups in total. The smallest absolute Gasteiger partial charge is 0.218 e. The molecule has 7 heteroatoms. The highest BCUT2D eigenvalue weighted by molar-refractivity contribution is 5.93. The van der Waals surface area contributed by atoms with Gasteiger partial charge in [0.05, 0.1) is 26.0 Å². The molecule has 0 saturated heterocycles. The van der Waals surface area contributed by atoms with Gasteiger partial charge in [0.15, 0.2) is 5.96 Å². The number of pyridine rings is 1. The van der Waals surface area contributed by atoms with E-state index in [2.05, 4.69) is 15.6 Å². The van der Waals surface area contributed by atoms with Crippen LogP contribution in [0.4, 0.5) is 5.69 Å². The second-order valence-corrected chi connectivity index (χ2v) is 6.91. The number of nitrogens with zero attached hydrogens (tertiary/aromatic N) is 2. The summed E-state index contributed by atoms with van der Waals surface area (Å²) in [6.07, 6.45) is 4.27. The van der Waals surface area contributed by atoms with Crippen LogP contribution >= 0.6 is 0 Å². The van der Waals surface area contributed by atoms with E-state index in [1.54, 1.807) is 19.6 Å². The number of benzene rings is 1. The normalized spacial score (nSPS) is 11.4. The third-order valence-corrected chi connectivity index (χ3v) is 4.18. The van der Waals surface area contributed by atoms with Gasteiger partial charge in [-0.05, 0) is 56.3 Å². The Morgan fingerprint density at radius 2 is 1.97 bits per heavy atom. The quantitative estimate of drug-likeness (QED) is 0.406. The fourth-order valence-electron chi connectivity index (χ4n) is 2.82. The number of hydrogen-bond acceptors (Lipinski definition) is 5. The van der Waals surface area contributed by atoms with Crippen molar-refractivity contribution in [1.82, 2.24) is 10.3 Å². The zero-order valence-electron chi connectivity index (χ0n) is 17.6. The molecule has 0 spiro atoms. The van der Waals surface area contributed by atoms with Gasteiger partial charge in [0.25, 0.3) is 0 Å². The highest BCUT2D eigenvalue weighted by Crippen LogP contribution is 2.18. The maximum Gasteiger partial charge on any atom is 0.218 e. The van der Waals surface area contributed by atoms with Crippen LogP contribution in [-0.4, -0.2) is 30.7 Å². The summed E-state index contributed by atoms with van der Waals surface area (Å²) < 4.78 is 16.4. The Hall–Kier alpha value is -3.48. The van der Waals surface area contributed by atoms with Crippen LogP contribution in [0.5, 0.6) is 11.6 Å². The molecule has 7 nitrogen and oxygen atoms in total. The molecule has 3 rings (SSSR count). The molecule has 158 valence electrons. The van der Waals surface area contributed by atoms with Gasteiger partial charge in [0, 0.05) is 30.4 Å². The predicted molar refractivity (Wildman–Crippen MR) is 118 cm³/mol. The van der Waals surface area contributed by atoms with Crippen molar-refractivity contribution in [3.05, 3.63) is 72.3 Å². The number of nitrogens with one attached hydrogen (secondary N) is 2. The van der Waals surface area contributed by atoms with E-state index < -0.39 is 0 Å². The third kappa shape index (κ3) is 6.55. The van der Waals surface area contributed by atoms with E-state index in [1.165, 1.54) is 0 Å². The van der Waals surface area contributed by atoms with Crippen LogP contribution in [0.1, 0.15) is 25.2 Å². The summed E-state index contributed by atoms with van der Waals surface area (Å²) in [5, 5.41) is 6.69. The van der Waals surface area contributed by atoms with Crippen LogP contribution in [0.3, 0.4) is 0 Å². The molecule has 30 heavy (non-hydrogen) atoms. The number of aliphatic imine (C=N–C) groups is 1. The number of methoxy groups -OCH3 is 1. The molecular weight excluding hydrogens is 380 g/mol. The van der Waals surface area contributed by atoms with Crippen molar-refractivity contribution in [1.29, 1.82) is 0 Å². The van der Waals surface area contributed by atoms with Crippen molar-refractivity contribution < 1.29 is 13.9 Å².